The molecule has 0 spiro atoms. The van der Waals surface area contributed by atoms with E-state index in [1.165, 1.54) is 31.4 Å². The number of nitrogens with zero attached hydrogens (tertiary/aromatic N) is 4. The summed E-state index contributed by atoms with van der Waals surface area (Å²) < 4.78 is 15.1. The summed E-state index contributed by atoms with van der Waals surface area (Å²) in [4.78, 5) is 23.9. The fourth-order valence-corrected chi connectivity index (χ4v) is 4.83. The van der Waals surface area contributed by atoms with Crippen LogP contribution >= 0.6 is 11.8 Å². The van der Waals surface area contributed by atoms with E-state index in [0.717, 1.165) is 34.6 Å². The summed E-state index contributed by atoms with van der Waals surface area (Å²) in [5.41, 5.74) is 2.70. The van der Waals surface area contributed by atoms with Gasteiger partial charge in [-0.3, -0.25) is 9.78 Å². The maximum Gasteiger partial charge on any atom is 0.242 e. The van der Waals surface area contributed by atoms with E-state index in [2.05, 4.69) is 4.98 Å². The number of hydrogen-bond donors (Lipinski definition) is 0. The van der Waals surface area contributed by atoms with Crippen molar-refractivity contribution >= 4 is 28.7 Å². The van der Waals surface area contributed by atoms with Crippen LogP contribution in [-0.4, -0.2) is 38.4 Å². The van der Waals surface area contributed by atoms with Crippen molar-refractivity contribution < 1.29 is 9.18 Å². The maximum atomic E-state index is 13.2. The second-order valence-electron chi connectivity index (χ2n) is 7.56. The standard InChI is InChI=1S/C22H25FN4OS/c1-26(18-5-3-2-4-6-18)21(28)14-27-20-13-24-12-11-19(20)25-22(27)29-15-16-7-9-17(23)10-8-16/h7-13,18H,2-6,14-15H2,1H3. The van der Waals surface area contributed by atoms with Gasteiger partial charge in [0.1, 0.15) is 12.4 Å². The highest BCUT2D eigenvalue weighted by molar-refractivity contribution is 7.98. The molecule has 0 unspecified atom stereocenters. The van der Waals surface area contributed by atoms with Gasteiger partial charge in [-0.15, -0.1) is 0 Å². The summed E-state index contributed by atoms with van der Waals surface area (Å²) in [6.45, 7) is 0.251. The minimum atomic E-state index is -0.242. The highest BCUT2D eigenvalue weighted by atomic mass is 32.2. The van der Waals surface area contributed by atoms with Gasteiger partial charge in [0.25, 0.3) is 0 Å². The van der Waals surface area contributed by atoms with E-state index < -0.39 is 0 Å². The van der Waals surface area contributed by atoms with Gasteiger partial charge in [0.05, 0.1) is 17.2 Å². The lowest BCUT2D eigenvalue weighted by Gasteiger charge is -2.31. The lowest BCUT2D eigenvalue weighted by molar-refractivity contribution is -0.133. The van der Waals surface area contributed by atoms with Crippen molar-refractivity contribution in [1.82, 2.24) is 19.4 Å². The first kappa shape index (κ1) is 19.9. The number of imidazole rings is 1. The summed E-state index contributed by atoms with van der Waals surface area (Å²) in [5.74, 6) is 0.515. The fourth-order valence-electron chi connectivity index (χ4n) is 3.86. The molecule has 152 valence electrons. The zero-order valence-corrected chi connectivity index (χ0v) is 17.4. The molecule has 1 aliphatic rings. The number of carbonyl (C=O) groups excluding carboxylic acids is 1. The van der Waals surface area contributed by atoms with Crippen LogP contribution in [0.4, 0.5) is 4.39 Å². The van der Waals surface area contributed by atoms with Crippen molar-refractivity contribution in [3.05, 3.63) is 54.1 Å². The van der Waals surface area contributed by atoms with E-state index >= 15 is 0 Å². The smallest absolute Gasteiger partial charge is 0.242 e. The van der Waals surface area contributed by atoms with Gasteiger partial charge in [-0.05, 0) is 36.6 Å². The van der Waals surface area contributed by atoms with Crippen molar-refractivity contribution in [2.75, 3.05) is 7.05 Å². The van der Waals surface area contributed by atoms with Crippen molar-refractivity contribution in [2.24, 2.45) is 0 Å². The highest BCUT2D eigenvalue weighted by Crippen LogP contribution is 2.27. The van der Waals surface area contributed by atoms with Crippen LogP contribution in [0.2, 0.25) is 0 Å². The van der Waals surface area contributed by atoms with Crippen LogP contribution < -0.4 is 0 Å². The Morgan fingerprint density at radius 1 is 1.21 bits per heavy atom. The number of rotatable bonds is 6. The van der Waals surface area contributed by atoms with Crippen LogP contribution in [0.5, 0.6) is 0 Å². The molecule has 2 aromatic heterocycles. The number of halogens is 1. The van der Waals surface area contributed by atoms with E-state index in [0.29, 0.717) is 11.8 Å². The minimum absolute atomic E-state index is 0.101. The highest BCUT2D eigenvalue weighted by Gasteiger charge is 2.23. The van der Waals surface area contributed by atoms with Crippen molar-refractivity contribution in [2.45, 2.75) is 55.6 Å². The fraction of sp³-hybridized carbons (Fsp3) is 0.409. The van der Waals surface area contributed by atoms with Gasteiger partial charge in [0.15, 0.2) is 5.16 Å². The summed E-state index contributed by atoms with van der Waals surface area (Å²) in [5, 5.41) is 0.780. The molecular formula is C22H25FN4OS. The molecule has 1 aliphatic carbocycles. The quantitative estimate of drug-likeness (QED) is 0.553. The maximum absolute atomic E-state index is 13.2. The van der Waals surface area contributed by atoms with Gasteiger partial charge in [-0.2, -0.15) is 0 Å². The summed E-state index contributed by atoms with van der Waals surface area (Å²) in [6, 6.07) is 8.68. The average Bonchev–Trinajstić information content (AvgIpc) is 3.11. The van der Waals surface area contributed by atoms with Crippen LogP contribution in [0.15, 0.2) is 47.9 Å². The number of thioether (sulfide) groups is 1. The third-order valence-corrected chi connectivity index (χ3v) is 6.65. The predicted octanol–water partition coefficient (Wildman–Crippen LogP) is 4.65. The van der Waals surface area contributed by atoms with E-state index in [-0.39, 0.29) is 18.3 Å². The number of hydrogen-bond acceptors (Lipinski definition) is 4. The first-order valence-corrected chi connectivity index (χ1v) is 11.0. The lowest BCUT2D eigenvalue weighted by atomic mass is 9.94. The number of fused-ring (bicyclic) bond motifs is 1. The van der Waals surface area contributed by atoms with Gasteiger partial charge in [-0.25, -0.2) is 9.37 Å². The molecule has 0 bridgehead atoms. The largest absolute Gasteiger partial charge is 0.341 e. The molecule has 1 fully saturated rings. The molecule has 7 heteroatoms. The average molecular weight is 413 g/mol. The van der Waals surface area contributed by atoms with Gasteiger partial charge < -0.3 is 9.47 Å². The third kappa shape index (κ3) is 4.61. The molecule has 0 saturated heterocycles. The molecule has 2 heterocycles. The monoisotopic (exact) mass is 412 g/mol. The topological polar surface area (TPSA) is 51.0 Å². The Hall–Kier alpha value is -2.41. The Morgan fingerprint density at radius 2 is 1.97 bits per heavy atom. The molecule has 4 rings (SSSR count). The molecule has 1 aromatic carbocycles. The second-order valence-corrected chi connectivity index (χ2v) is 8.50. The molecule has 0 N–H and O–H groups in total. The third-order valence-electron chi connectivity index (χ3n) is 5.61. The molecule has 1 saturated carbocycles. The van der Waals surface area contributed by atoms with Crippen LogP contribution in [-0.2, 0) is 17.1 Å². The number of carbonyl (C=O) groups is 1. The second kappa shape index (κ2) is 8.95. The summed E-state index contributed by atoms with van der Waals surface area (Å²) in [7, 11) is 1.92. The van der Waals surface area contributed by atoms with Gasteiger partial charge in [-0.1, -0.05) is 43.2 Å². The molecule has 1 amide bonds. The first-order valence-electron chi connectivity index (χ1n) is 10.0. The summed E-state index contributed by atoms with van der Waals surface area (Å²) >= 11 is 1.55. The predicted molar refractivity (Wildman–Crippen MR) is 113 cm³/mol. The zero-order valence-electron chi connectivity index (χ0n) is 16.6. The van der Waals surface area contributed by atoms with E-state index in [1.54, 1.807) is 36.3 Å². The number of amides is 1. The Morgan fingerprint density at radius 3 is 2.72 bits per heavy atom. The Bertz CT molecular complexity index is 982. The molecule has 0 aliphatic heterocycles. The Kier molecular flexibility index (Phi) is 6.13. The van der Waals surface area contributed by atoms with Crippen LogP contribution in [0.3, 0.4) is 0 Å². The van der Waals surface area contributed by atoms with Crippen molar-refractivity contribution in [3.8, 4) is 0 Å². The zero-order chi connectivity index (χ0) is 20.2. The number of benzene rings is 1. The van der Waals surface area contributed by atoms with Crippen LogP contribution in [0.1, 0.15) is 37.7 Å². The molecule has 29 heavy (non-hydrogen) atoms. The van der Waals surface area contributed by atoms with Crippen molar-refractivity contribution in [1.29, 1.82) is 0 Å². The number of likely N-dealkylation sites (N-methyl/N-ethyl adjacent to an activating group) is 1. The van der Waals surface area contributed by atoms with Crippen molar-refractivity contribution in [3.63, 3.8) is 0 Å². The number of aromatic nitrogens is 3. The normalized spacial score (nSPS) is 15.0. The Labute approximate surface area is 174 Å². The summed E-state index contributed by atoms with van der Waals surface area (Å²) in [6.07, 6.45) is 9.29. The molecular weight excluding hydrogens is 387 g/mol. The van der Waals surface area contributed by atoms with Gasteiger partial charge >= 0.3 is 0 Å². The molecule has 5 nitrogen and oxygen atoms in total. The van der Waals surface area contributed by atoms with E-state index in [9.17, 15) is 9.18 Å². The van der Waals surface area contributed by atoms with E-state index in [1.807, 2.05) is 22.6 Å². The lowest BCUT2D eigenvalue weighted by Crippen LogP contribution is -2.40. The first-order chi connectivity index (χ1) is 14.1. The van der Waals surface area contributed by atoms with Gasteiger partial charge in [0.2, 0.25) is 5.91 Å². The van der Waals surface area contributed by atoms with Gasteiger partial charge in [0, 0.05) is 25.0 Å². The van der Waals surface area contributed by atoms with Crippen LogP contribution in [0.25, 0.3) is 11.0 Å². The van der Waals surface area contributed by atoms with Crippen LogP contribution in [0, 0.1) is 5.82 Å². The molecule has 0 radical (unpaired) electrons. The minimum Gasteiger partial charge on any atom is -0.341 e. The SMILES string of the molecule is CN(C(=O)Cn1c(SCc2ccc(F)cc2)nc2ccncc21)C1CCCCC1. The number of pyridine rings is 1. The van der Waals surface area contributed by atoms with E-state index in [4.69, 9.17) is 4.98 Å². The molecule has 0 atom stereocenters. The molecule has 3 aromatic rings. The Balaban J connectivity index is 1.54.